The molecule has 1 aliphatic rings. The zero-order chi connectivity index (χ0) is 15.9. The number of carbonyl (C=O) groups excluding carboxylic acids is 1. The van der Waals surface area contributed by atoms with Crippen molar-refractivity contribution < 1.29 is 4.79 Å². The van der Waals surface area contributed by atoms with Crippen LogP contribution in [0.1, 0.15) is 25.5 Å². The van der Waals surface area contributed by atoms with Gasteiger partial charge in [-0.2, -0.15) is 0 Å². The molecule has 6 heteroatoms. The van der Waals surface area contributed by atoms with E-state index in [9.17, 15) is 9.59 Å². The second-order valence-corrected chi connectivity index (χ2v) is 5.76. The summed E-state index contributed by atoms with van der Waals surface area (Å²) in [5, 5.41) is 3.37. The second-order valence-electron chi connectivity index (χ2n) is 5.09. The van der Waals surface area contributed by atoms with Crippen LogP contribution in [0.15, 0.2) is 46.8 Å². The lowest BCUT2D eigenvalue weighted by atomic mass is 10.2. The number of amides is 1. The van der Waals surface area contributed by atoms with Gasteiger partial charge in [0.2, 0.25) is 5.91 Å². The van der Waals surface area contributed by atoms with Gasteiger partial charge in [-0.05, 0) is 32.1 Å². The number of nitrogens with zero attached hydrogens (tertiary/aromatic N) is 2. The summed E-state index contributed by atoms with van der Waals surface area (Å²) in [6, 6.07) is 7.20. The van der Waals surface area contributed by atoms with E-state index >= 15 is 0 Å². The molecule has 1 amide bonds. The maximum Gasteiger partial charge on any atom is 0.266 e. The number of carbonyl (C=O) groups is 1. The molecule has 112 valence electrons. The van der Waals surface area contributed by atoms with Crippen LogP contribution in [0.5, 0.6) is 0 Å². The van der Waals surface area contributed by atoms with E-state index in [0.717, 1.165) is 0 Å². The highest BCUT2D eigenvalue weighted by Crippen LogP contribution is 2.27. The monoisotopic (exact) mass is 313 g/mol. The first-order chi connectivity index (χ1) is 10.5. The van der Waals surface area contributed by atoms with E-state index in [1.54, 1.807) is 31.2 Å². The van der Waals surface area contributed by atoms with E-state index in [0.29, 0.717) is 28.0 Å². The van der Waals surface area contributed by atoms with Gasteiger partial charge >= 0.3 is 0 Å². The molecule has 1 N–H and O–H groups in total. The molecule has 1 aliphatic heterocycles. The zero-order valence-electron chi connectivity index (χ0n) is 12.3. The molecule has 0 aliphatic carbocycles. The Kier molecular flexibility index (Phi) is 3.67. The first-order valence-electron chi connectivity index (χ1n) is 6.96. The minimum absolute atomic E-state index is 0.169. The van der Waals surface area contributed by atoms with E-state index in [-0.39, 0.29) is 11.5 Å². The van der Waals surface area contributed by atoms with Crippen molar-refractivity contribution in [2.75, 3.05) is 0 Å². The highest BCUT2D eigenvalue weighted by molar-refractivity contribution is 7.17. The lowest BCUT2D eigenvalue weighted by Gasteiger charge is -2.16. The molecule has 3 rings (SSSR count). The molecule has 0 radical (unpaired) electrons. The van der Waals surface area contributed by atoms with Gasteiger partial charge in [0, 0.05) is 5.57 Å². The Morgan fingerprint density at radius 3 is 2.77 bits per heavy atom. The van der Waals surface area contributed by atoms with Crippen LogP contribution in [0.3, 0.4) is 0 Å². The van der Waals surface area contributed by atoms with Crippen molar-refractivity contribution in [3.8, 4) is 0 Å². The molecule has 5 nitrogen and oxygen atoms in total. The molecule has 1 aromatic carbocycles. The van der Waals surface area contributed by atoms with Crippen LogP contribution in [0, 0.1) is 0 Å². The summed E-state index contributed by atoms with van der Waals surface area (Å²) in [5.41, 5.74) is 1.50. The third-order valence-corrected chi connectivity index (χ3v) is 4.12. The van der Waals surface area contributed by atoms with Crippen molar-refractivity contribution in [3.05, 3.63) is 58.2 Å². The largest absolute Gasteiger partial charge is 0.339 e. The predicted molar refractivity (Wildman–Crippen MR) is 90.3 cm³/mol. The van der Waals surface area contributed by atoms with Gasteiger partial charge in [-0.15, -0.1) is 9.24 Å². The SMILES string of the molecule is C/C=C\C1=C(C)C(=O)NC(P)c2nc3ccccc3c(=O)n21. The minimum atomic E-state index is -0.428. The van der Waals surface area contributed by atoms with Crippen molar-refractivity contribution in [3.63, 3.8) is 0 Å². The van der Waals surface area contributed by atoms with Gasteiger partial charge in [0.25, 0.3) is 5.56 Å². The molecule has 1 aromatic heterocycles. The van der Waals surface area contributed by atoms with Crippen LogP contribution in [-0.2, 0) is 4.79 Å². The van der Waals surface area contributed by atoms with Crippen LogP contribution in [-0.4, -0.2) is 15.5 Å². The van der Waals surface area contributed by atoms with Gasteiger partial charge in [-0.1, -0.05) is 18.2 Å². The van der Waals surface area contributed by atoms with Crippen LogP contribution in [0.2, 0.25) is 0 Å². The number of allylic oxidation sites excluding steroid dienone is 3. The summed E-state index contributed by atoms with van der Waals surface area (Å²) < 4.78 is 1.52. The number of para-hydroxylation sites is 1. The molecule has 22 heavy (non-hydrogen) atoms. The Hall–Kier alpha value is -2.26. The Morgan fingerprint density at radius 2 is 2.05 bits per heavy atom. The quantitative estimate of drug-likeness (QED) is 0.821. The molecule has 2 aromatic rings. The molecular weight excluding hydrogens is 297 g/mol. The number of nitrogens with one attached hydrogen (secondary N) is 1. The average molecular weight is 313 g/mol. The van der Waals surface area contributed by atoms with Crippen molar-refractivity contribution in [1.29, 1.82) is 0 Å². The first kappa shape index (κ1) is 14.7. The third kappa shape index (κ3) is 2.18. The van der Waals surface area contributed by atoms with E-state index in [4.69, 9.17) is 0 Å². The molecule has 2 unspecified atom stereocenters. The summed E-state index contributed by atoms with van der Waals surface area (Å²) in [6.07, 6.45) is 3.57. The highest BCUT2D eigenvalue weighted by atomic mass is 31.0. The lowest BCUT2D eigenvalue weighted by molar-refractivity contribution is -0.117. The van der Waals surface area contributed by atoms with Gasteiger partial charge in [0.1, 0.15) is 11.6 Å². The fraction of sp³-hybridized carbons (Fsp3) is 0.188. The van der Waals surface area contributed by atoms with Crippen molar-refractivity contribution in [2.24, 2.45) is 0 Å². The summed E-state index contributed by atoms with van der Waals surface area (Å²) in [5.74, 6) is -0.128. The number of aromatic nitrogens is 2. The second kappa shape index (κ2) is 5.50. The number of fused-ring (bicyclic) bond motifs is 2. The molecule has 0 saturated heterocycles. The summed E-state index contributed by atoms with van der Waals surface area (Å²) >= 11 is 0. The van der Waals surface area contributed by atoms with E-state index in [1.165, 1.54) is 4.57 Å². The van der Waals surface area contributed by atoms with Crippen LogP contribution in [0.25, 0.3) is 16.6 Å². The van der Waals surface area contributed by atoms with Crippen LogP contribution in [0.4, 0.5) is 0 Å². The van der Waals surface area contributed by atoms with Gasteiger partial charge in [-0.25, -0.2) is 4.98 Å². The summed E-state index contributed by atoms with van der Waals surface area (Å²) in [4.78, 5) is 29.7. The average Bonchev–Trinajstić information content (AvgIpc) is 2.59. The molecular formula is C16H16N3O2P. The molecule has 2 heterocycles. The van der Waals surface area contributed by atoms with Gasteiger partial charge in [0.15, 0.2) is 0 Å². The van der Waals surface area contributed by atoms with E-state index < -0.39 is 5.78 Å². The van der Waals surface area contributed by atoms with E-state index in [2.05, 4.69) is 19.5 Å². The summed E-state index contributed by atoms with van der Waals surface area (Å²) in [7, 11) is 2.53. The smallest absolute Gasteiger partial charge is 0.266 e. The van der Waals surface area contributed by atoms with Crippen molar-refractivity contribution in [2.45, 2.75) is 19.6 Å². The van der Waals surface area contributed by atoms with Crippen molar-refractivity contribution >= 4 is 31.7 Å². The Bertz CT molecular complexity index is 896. The standard InChI is InChI=1S/C16H16N3O2P/c1-3-6-12-9(2)14(20)18-15(22)13-17-11-8-5-4-7-10(11)16(21)19(12)13/h3-8,15H,22H2,1-2H3,(H,18,20)/b6-3-. The topological polar surface area (TPSA) is 64.0 Å². The number of hydrogen-bond acceptors (Lipinski definition) is 3. The Balaban J connectivity index is 2.48. The Labute approximate surface area is 129 Å². The molecule has 0 bridgehead atoms. The Morgan fingerprint density at radius 1 is 1.32 bits per heavy atom. The zero-order valence-corrected chi connectivity index (χ0v) is 13.5. The summed E-state index contributed by atoms with van der Waals surface area (Å²) in [6.45, 7) is 3.55. The highest BCUT2D eigenvalue weighted by Gasteiger charge is 2.26. The van der Waals surface area contributed by atoms with Gasteiger partial charge in [0.05, 0.1) is 16.6 Å². The lowest BCUT2D eigenvalue weighted by Crippen LogP contribution is -2.28. The molecule has 2 atom stereocenters. The predicted octanol–water partition coefficient (Wildman–Crippen LogP) is 2.21. The van der Waals surface area contributed by atoms with Crippen molar-refractivity contribution in [1.82, 2.24) is 14.9 Å². The molecule has 0 fully saturated rings. The number of hydrogen-bond donors (Lipinski definition) is 1. The number of benzene rings is 1. The van der Waals surface area contributed by atoms with Crippen LogP contribution >= 0.6 is 9.24 Å². The van der Waals surface area contributed by atoms with Crippen LogP contribution < -0.4 is 10.9 Å². The van der Waals surface area contributed by atoms with E-state index in [1.807, 2.05) is 19.1 Å². The fourth-order valence-corrected chi connectivity index (χ4v) is 2.92. The molecule has 0 saturated carbocycles. The maximum atomic E-state index is 12.9. The minimum Gasteiger partial charge on any atom is -0.339 e. The number of rotatable bonds is 1. The van der Waals surface area contributed by atoms with Gasteiger partial charge < -0.3 is 5.32 Å². The first-order valence-corrected chi connectivity index (χ1v) is 7.63. The maximum absolute atomic E-state index is 12.9. The fourth-order valence-electron chi connectivity index (χ4n) is 2.55. The molecule has 0 spiro atoms. The third-order valence-electron chi connectivity index (χ3n) is 3.66. The van der Waals surface area contributed by atoms with Gasteiger partial charge in [-0.3, -0.25) is 14.2 Å². The normalized spacial score (nSPS) is 18.5.